The van der Waals surface area contributed by atoms with Crippen molar-refractivity contribution in [2.75, 3.05) is 11.9 Å². The fourth-order valence-corrected chi connectivity index (χ4v) is 3.58. The van der Waals surface area contributed by atoms with E-state index in [-0.39, 0.29) is 12.5 Å². The summed E-state index contributed by atoms with van der Waals surface area (Å²) in [4.78, 5) is 25.8. The van der Waals surface area contributed by atoms with E-state index in [0.29, 0.717) is 35.4 Å². The number of hydrogen-bond donors (Lipinski definition) is 2. The maximum Gasteiger partial charge on any atom is 0.258 e. The molecule has 0 unspecified atom stereocenters. The van der Waals surface area contributed by atoms with E-state index in [0.717, 1.165) is 15.6 Å². The van der Waals surface area contributed by atoms with Gasteiger partial charge in [-0.1, -0.05) is 6.07 Å². The lowest BCUT2D eigenvalue weighted by Gasteiger charge is -2.06. The van der Waals surface area contributed by atoms with Crippen LogP contribution < -0.4 is 5.32 Å². The van der Waals surface area contributed by atoms with Crippen LogP contribution in [0.15, 0.2) is 48.1 Å². The number of aromatic nitrogens is 3. The molecule has 0 fully saturated rings. The highest BCUT2D eigenvalue weighted by molar-refractivity contribution is 7.17. The number of thiophene rings is 1. The van der Waals surface area contributed by atoms with E-state index in [2.05, 4.69) is 20.3 Å². The van der Waals surface area contributed by atoms with Gasteiger partial charge >= 0.3 is 0 Å². The second-order valence-corrected chi connectivity index (χ2v) is 6.75. The van der Waals surface area contributed by atoms with E-state index in [9.17, 15) is 4.79 Å². The van der Waals surface area contributed by atoms with Gasteiger partial charge in [0.25, 0.3) is 5.91 Å². The number of carbonyl (C=O) groups excluding carboxylic acids is 1. The van der Waals surface area contributed by atoms with Crippen LogP contribution >= 0.6 is 11.3 Å². The molecule has 7 heteroatoms. The molecule has 2 N–H and O–H groups in total. The standard InChI is InChI=1S/C19H16N4O2S/c24-8-2-4-17-21-10-16-18(23-17)14(11-26-16)19(25)22-13-5-6-15-12(9-13)3-1-7-20-15/h1,3,5-7,9-11,24H,2,4,8H2,(H,22,25). The molecular formula is C19H16N4O2S. The number of rotatable bonds is 5. The van der Waals surface area contributed by atoms with Gasteiger partial charge < -0.3 is 10.4 Å². The van der Waals surface area contributed by atoms with Crippen LogP contribution in [0.25, 0.3) is 21.1 Å². The predicted molar refractivity (Wildman–Crippen MR) is 103 cm³/mol. The summed E-state index contributed by atoms with van der Waals surface area (Å²) >= 11 is 1.44. The number of pyridine rings is 1. The Bertz CT molecular complexity index is 1090. The van der Waals surface area contributed by atoms with E-state index in [1.807, 2.05) is 30.3 Å². The highest BCUT2D eigenvalue weighted by atomic mass is 32.1. The molecule has 0 bridgehead atoms. The van der Waals surface area contributed by atoms with Crippen molar-refractivity contribution in [3.8, 4) is 0 Å². The fourth-order valence-electron chi connectivity index (χ4n) is 2.74. The Kier molecular flexibility index (Phi) is 4.55. The van der Waals surface area contributed by atoms with Crippen molar-refractivity contribution < 1.29 is 9.90 Å². The normalized spacial score (nSPS) is 11.1. The lowest BCUT2D eigenvalue weighted by atomic mass is 10.2. The Morgan fingerprint density at radius 1 is 1.23 bits per heavy atom. The van der Waals surface area contributed by atoms with Gasteiger partial charge in [-0.3, -0.25) is 9.78 Å². The Balaban J connectivity index is 1.62. The molecule has 0 saturated carbocycles. The first-order chi connectivity index (χ1) is 12.7. The number of nitrogens with one attached hydrogen (secondary N) is 1. The lowest BCUT2D eigenvalue weighted by Crippen LogP contribution is -2.12. The minimum absolute atomic E-state index is 0.0925. The first-order valence-electron chi connectivity index (χ1n) is 8.25. The molecule has 0 spiro atoms. The smallest absolute Gasteiger partial charge is 0.258 e. The third-order valence-electron chi connectivity index (χ3n) is 4.03. The third-order valence-corrected chi connectivity index (χ3v) is 4.93. The van der Waals surface area contributed by atoms with Crippen molar-refractivity contribution in [2.45, 2.75) is 12.8 Å². The van der Waals surface area contributed by atoms with Gasteiger partial charge in [-0.25, -0.2) is 9.97 Å². The summed E-state index contributed by atoms with van der Waals surface area (Å²) in [6, 6.07) is 9.44. The molecule has 3 aromatic heterocycles. The zero-order chi connectivity index (χ0) is 17.9. The molecule has 0 saturated heterocycles. The number of fused-ring (bicyclic) bond motifs is 2. The van der Waals surface area contributed by atoms with Crippen LogP contribution in [0, 0.1) is 0 Å². The van der Waals surface area contributed by atoms with Crippen LogP contribution in [0.2, 0.25) is 0 Å². The molecule has 0 atom stereocenters. The predicted octanol–water partition coefficient (Wildman–Crippen LogP) is 3.42. The third kappa shape index (κ3) is 3.26. The van der Waals surface area contributed by atoms with Gasteiger partial charge in [0.2, 0.25) is 0 Å². The Hall–Kier alpha value is -2.90. The number of aliphatic hydroxyl groups excluding tert-OH is 1. The molecule has 1 aromatic carbocycles. The second-order valence-electron chi connectivity index (χ2n) is 5.84. The SMILES string of the molecule is O=C(Nc1ccc2ncccc2c1)c1csc2cnc(CCCO)nc12. The molecule has 3 heterocycles. The van der Waals surface area contributed by atoms with Gasteiger partial charge in [0.15, 0.2) is 0 Å². The van der Waals surface area contributed by atoms with Crippen LogP contribution in [0.3, 0.4) is 0 Å². The van der Waals surface area contributed by atoms with Crippen molar-refractivity contribution in [1.82, 2.24) is 15.0 Å². The average molecular weight is 364 g/mol. The van der Waals surface area contributed by atoms with Crippen molar-refractivity contribution in [1.29, 1.82) is 0 Å². The summed E-state index contributed by atoms with van der Waals surface area (Å²) in [5.41, 5.74) is 2.78. The molecule has 0 aliphatic rings. The van der Waals surface area contributed by atoms with Gasteiger partial charge in [-0.2, -0.15) is 0 Å². The van der Waals surface area contributed by atoms with Crippen LogP contribution in [-0.2, 0) is 6.42 Å². The van der Waals surface area contributed by atoms with Crippen molar-refractivity contribution in [3.05, 3.63) is 59.5 Å². The Labute approximate surface area is 153 Å². The van der Waals surface area contributed by atoms with Gasteiger partial charge in [0.05, 0.1) is 21.3 Å². The molecule has 130 valence electrons. The number of nitrogens with zero attached hydrogens (tertiary/aromatic N) is 3. The van der Waals surface area contributed by atoms with E-state index in [1.54, 1.807) is 17.8 Å². The average Bonchev–Trinajstić information content (AvgIpc) is 3.09. The van der Waals surface area contributed by atoms with Crippen molar-refractivity contribution in [3.63, 3.8) is 0 Å². The number of benzene rings is 1. The molecule has 4 aromatic rings. The highest BCUT2D eigenvalue weighted by Crippen LogP contribution is 2.25. The van der Waals surface area contributed by atoms with Crippen molar-refractivity contribution >= 4 is 44.1 Å². The summed E-state index contributed by atoms with van der Waals surface area (Å²) in [7, 11) is 0. The van der Waals surface area contributed by atoms with E-state index < -0.39 is 0 Å². The van der Waals surface area contributed by atoms with Crippen molar-refractivity contribution in [2.24, 2.45) is 0 Å². The molecule has 6 nitrogen and oxygen atoms in total. The first kappa shape index (κ1) is 16.6. The molecule has 1 amide bonds. The minimum Gasteiger partial charge on any atom is -0.396 e. The minimum atomic E-state index is -0.203. The molecule has 0 radical (unpaired) electrons. The van der Waals surface area contributed by atoms with E-state index >= 15 is 0 Å². The topological polar surface area (TPSA) is 88.0 Å². The molecule has 4 rings (SSSR count). The van der Waals surface area contributed by atoms with Gasteiger partial charge in [-0.05, 0) is 30.7 Å². The van der Waals surface area contributed by atoms with Crippen LogP contribution in [0.4, 0.5) is 5.69 Å². The Morgan fingerprint density at radius 2 is 2.15 bits per heavy atom. The van der Waals surface area contributed by atoms with Crippen LogP contribution in [0.5, 0.6) is 0 Å². The largest absolute Gasteiger partial charge is 0.396 e. The van der Waals surface area contributed by atoms with Crippen LogP contribution in [-0.4, -0.2) is 32.6 Å². The van der Waals surface area contributed by atoms with E-state index in [1.165, 1.54) is 11.3 Å². The van der Waals surface area contributed by atoms with Gasteiger partial charge in [-0.15, -0.1) is 11.3 Å². The molecular weight excluding hydrogens is 348 g/mol. The summed E-state index contributed by atoms with van der Waals surface area (Å²) in [5.74, 6) is 0.432. The number of carbonyl (C=O) groups is 1. The number of aryl methyl sites for hydroxylation is 1. The number of hydrogen-bond acceptors (Lipinski definition) is 6. The Morgan fingerprint density at radius 3 is 3.04 bits per heavy atom. The first-order valence-corrected chi connectivity index (χ1v) is 9.12. The van der Waals surface area contributed by atoms with Gasteiger partial charge in [0, 0.05) is 41.9 Å². The quantitative estimate of drug-likeness (QED) is 0.566. The molecule has 0 aliphatic carbocycles. The number of aliphatic hydroxyl groups is 1. The summed E-state index contributed by atoms with van der Waals surface area (Å²) < 4.78 is 0.866. The maximum absolute atomic E-state index is 12.7. The fraction of sp³-hybridized carbons (Fsp3) is 0.158. The number of anilines is 1. The zero-order valence-corrected chi connectivity index (χ0v) is 14.7. The van der Waals surface area contributed by atoms with Crippen LogP contribution in [0.1, 0.15) is 22.6 Å². The zero-order valence-electron chi connectivity index (χ0n) is 13.8. The summed E-state index contributed by atoms with van der Waals surface area (Å²) in [6.45, 7) is 0.0925. The highest BCUT2D eigenvalue weighted by Gasteiger charge is 2.15. The van der Waals surface area contributed by atoms with Gasteiger partial charge in [0.1, 0.15) is 5.82 Å². The molecule has 0 aliphatic heterocycles. The van der Waals surface area contributed by atoms with E-state index in [4.69, 9.17) is 5.11 Å². The summed E-state index contributed by atoms with van der Waals surface area (Å²) in [5, 5.41) is 14.7. The molecule has 26 heavy (non-hydrogen) atoms. The lowest BCUT2D eigenvalue weighted by molar-refractivity contribution is 0.102. The second kappa shape index (κ2) is 7.15. The number of amides is 1. The summed E-state index contributed by atoms with van der Waals surface area (Å²) in [6.07, 6.45) is 4.66. The monoisotopic (exact) mass is 364 g/mol. The maximum atomic E-state index is 12.7.